The summed E-state index contributed by atoms with van der Waals surface area (Å²) in [4.78, 5) is 14.7. The fraction of sp³-hybridized carbons (Fsp3) is 0.350. The maximum atomic E-state index is 13.0. The predicted octanol–water partition coefficient (Wildman–Crippen LogP) is 2.72. The number of carbonyl (C=O) groups excluding carboxylic acids is 1. The molecule has 2 aliphatic heterocycles. The van der Waals surface area contributed by atoms with Crippen LogP contribution >= 0.6 is 23.2 Å². The van der Waals surface area contributed by atoms with Crippen molar-refractivity contribution in [2.24, 2.45) is 5.92 Å². The number of rotatable bonds is 4. The SMILES string of the molecule is Cc1cc(O)c(C2NNC3C(=O)N(CCO)C(c4cccc(Cl)c4)C32)cc1Cl. The molecule has 0 radical (unpaired) electrons. The second kappa shape index (κ2) is 7.54. The molecule has 0 aliphatic carbocycles. The van der Waals surface area contributed by atoms with E-state index >= 15 is 0 Å². The molecule has 0 saturated carbocycles. The average molecular weight is 422 g/mol. The number of aryl methyl sites for hydroxylation is 1. The minimum absolute atomic E-state index is 0.100. The second-order valence-corrected chi connectivity index (χ2v) is 8.08. The first-order valence-electron chi connectivity index (χ1n) is 9.09. The van der Waals surface area contributed by atoms with E-state index in [-0.39, 0.29) is 42.8 Å². The molecule has 8 heteroatoms. The molecule has 4 N–H and O–H groups in total. The Morgan fingerprint density at radius 1 is 1.14 bits per heavy atom. The number of amides is 1. The zero-order valence-electron chi connectivity index (χ0n) is 15.2. The summed E-state index contributed by atoms with van der Waals surface area (Å²) in [6.07, 6.45) is 0. The number of phenols is 1. The van der Waals surface area contributed by atoms with E-state index in [1.54, 1.807) is 23.1 Å². The molecular weight excluding hydrogens is 401 g/mol. The van der Waals surface area contributed by atoms with Crippen LogP contribution in [0.15, 0.2) is 36.4 Å². The van der Waals surface area contributed by atoms with Gasteiger partial charge in [0.1, 0.15) is 11.8 Å². The van der Waals surface area contributed by atoms with Gasteiger partial charge in [-0.15, -0.1) is 0 Å². The number of aromatic hydroxyl groups is 1. The Bertz CT molecular complexity index is 924. The van der Waals surface area contributed by atoms with Crippen molar-refractivity contribution in [3.8, 4) is 5.75 Å². The number of hydrogen-bond donors (Lipinski definition) is 4. The standard InChI is InChI=1S/C20H21Cl2N3O3/c1-10-7-15(27)13(9-14(10)22)17-16-18(24-23-17)20(28)25(5-6-26)19(16)11-3-2-4-12(21)8-11/h2-4,7-9,16-19,23-24,26-27H,5-6H2,1H3. The highest BCUT2D eigenvalue weighted by Gasteiger charge is 2.55. The number of aliphatic hydroxyl groups excluding tert-OH is 1. The molecule has 2 aliphatic rings. The maximum absolute atomic E-state index is 13.0. The molecule has 2 aromatic rings. The van der Waals surface area contributed by atoms with Gasteiger partial charge in [0.05, 0.1) is 18.7 Å². The van der Waals surface area contributed by atoms with Gasteiger partial charge in [0.2, 0.25) is 5.91 Å². The number of hydrogen-bond acceptors (Lipinski definition) is 5. The van der Waals surface area contributed by atoms with Crippen LogP contribution in [0.5, 0.6) is 5.75 Å². The zero-order chi connectivity index (χ0) is 20.0. The highest BCUT2D eigenvalue weighted by molar-refractivity contribution is 6.31. The van der Waals surface area contributed by atoms with Crippen LogP contribution in [-0.2, 0) is 4.79 Å². The van der Waals surface area contributed by atoms with Gasteiger partial charge < -0.3 is 15.1 Å². The number of hydrazine groups is 1. The van der Waals surface area contributed by atoms with Crippen LogP contribution in [0.2, 0.25) is 10.0 Å². The summed E-state index contributed by atoms with van der Waals surface area (Å²) in [5, 5.41) is 21.2. The van der Waals surface area contributed by atoms with Crippen LogP contribution in [0.4, 0.5) is 0 Å². The highest BCUT2D eigenvalue weighted by Crippen LogP contribution is 2.49. The van der Waals surface area contributed by atoms with Gasteiger partial charge >= 0.3 is 0 Å². The molecule has 0 spiro atoms. The molecule has 148 valence electrons. The number of β-amino-alcohol motifs (C(OH)–C–C–N with tert-alkyl or cyclic N) is 1. The number of benzene rings is 2. The van der Waals surface area contributed by atoms with Gasteiger partial charge in [0.25, 0.3) is 0 Å². The Hall–Kier alpha value is -1.83. The van der Waals surface area contributed by atoms with E-state index in [1.165, 1.54) is 0 Å². The summed E-state index contributed by atoms with van der Waals surface area (Å²) in [5.41, 5.74) is 8.52. The Morgan fingerprint density at radius 2 is 1.89 bits per heavy atom. The van der Waals surface area contributed by atoms with Crippen molar-refractivity contribution in [1.82, 2.24) is 15.8 Å². The second-order valence-electron chi connectivity index (χ2n) is 7.24. The summed E-state index contributed by atoms with van der Waals surface area (Å²) in [6.45, 7) is 1.91. The Kier molecular flexibility index (Phi) is 5.24. The number of phenolic OH excluding ortho intramolecular Hbond substituents is 1. The number of carbonyl (C=O) groups is 1. The molecular formula is C20H21Cl2N3O3. The van der Waals surface area contributed by atoms with Crippen LogP contribution in [0.25, 0.3) is 0 Å². The van der Waals surface area contributed by atoms with Crippen LogP contribution < -0.4 is 10.9 Å². The van der Waals surface area contributed by atoms with Crippen LogP contribution in [0.3, 0.4) is 0 Å². The number of likely N-dealkylation sites (tertiary alicyclic amines) is 1. The number of aliphatic hydroxyl groups is 1. The van der Waals surface area contributed by atoms with Crippen LogP contribution in [-0.4, -0.2) is 40.2 Å². The molecule has 4 atom stereocenters. The van der Waals surface area contributed by atoms with Gasteiger partial charge in [-0.1, -0.05) is 35.3 Å². The van der Waals surface area contributed by atoms with Crippen molar-refractivity contribution < 1.29 is 15.0 Å². The predicted molar refractivity (Wildman–Crippen MR) is 107 cm³/mol. The first-order valence-corrected chi connectivity index (χ1v) is 9.85. The monoisotopic (exact) mass is 421 g/mol. The van der Waals surface area contributed by atoms with Crippen LogP contribution in [0.1, 0.15) is 28.8 Å². The van der Waals surface area contributed by atoms with Gasteiger partial charge in [0, 0.05) is 28.1 Å². The van der Waals surface area contributed by atoms with E-state index in [2.05, 4.69) is 10.9 Å². The minimum atomic E-state index is -0.486. The number of fused-ring (bicyclic) bond motifs is 1. The fourth-order valence-electron chi connectivity index (χ4n) is 4.34. The Morgan fingerprint density at radius 3 is 2.61 bits per heavy atom. The number of halogens is 2. The molecule has 4 unspecified atom stereocenters. The van der Waals surface area contributed by atoms with E-state index in [4.69, 9.17) is 23.2 Å². The van der Waals surface area contributed by atoms with Crippen molar-refractivity contribution >= 4 is 29.1 Å². The van der Waals surface area contributed by atoms with Crippen molar-refractivity contribution in [1.29, 1.82) is 0 Å². The van der Waals surface area contributed by atoms with E-state index in [0.29, 0.717) is 15.6 Å². The molecule has 0 bridgehead atoms. The van der Waals surface area contributed by atoms with E-state index in [1.807, 2.05) is 25.1 Å². The normalized spacial score (nSPS) is 26.7. The largest absolute Gasteiger partial charge is 0.508 e. The first kappa shape index (κ1) is 19.5. The quantitative estimate of drug-likeness (QED) is 0.609. The first-order chi connectivity index (χ1) is 13.4. The lowest BCUT2D eigenvalue weighted by Crippen LogP contribution is -2.42. The zero-order valence-corrected chi connectivity index (χ0v) is 16.7. The fourth-order valence-corrected chi connectivity index (χ4v) is 4.72. The third kappa shape index (κ3) is 3.15. The molecule has 4 rings (SSSR count). The summed E-state index contributed by atoms with van der Waals surface area (Å²) in [5.74, 6) is -0.196. The molecule has 2 saturated heterocycles. The summed E-state index contributed by atoms with van der Waals surface area (Å²) < 4.78 is 0. The summed E-state index contributed by atoms with van der Waals surface area (Å²) in [7, 11) is 0. The van der Waals surface area contributed by atoms with Gasteiger partial charge in [0.15, 0.2) is 0 Å². The third-order valence-electron chi connectivity index (χ3n) is 5.59. The minimum Gasteiger partial charge on any atom is -0.508 e. The van der Waals surface area contributed by atoms with Gasteiger partial charge in [-0.25, -0.2) is 10.9 Å². The lowest BCUT2D eigenvalue weighted by atomic mass is 9.83. The van der Waals surface area contributed by atoms with Gasteiger partial charge in [-0.05, 0) is 42.3 Å². The smallest absolute Gasteiger partial charge is 0.242 e. The van der Waals surface area contributed by atoms with Crippen molar-refractivity contribution in [2.45, 2.75) is 25.0 Å². The number of nitrogens with zero attached hydrogens (tertiary/aromatic N) is 1. The maximum Gasteiger partial charge on any atom is 0.242 e. The lowest BCUT2D eigenvalue weighted by molar-refractivity contribution is -0.131. The molecule has 2 heterocycles. The van der Waals surface area contributed by atoms with Crippen molar-refractivity contribution in [3.63, 3.8) is 0 Å². The van der Waals surface area contributed by atoms with Crippen LogP contribution in [0, 0.1) is 12.8 Å². The Labute approximate surface area is 173 Å². The topological polar surface area (TPSA) is 84.8 Å². The highest BCUT2D eigenvalue weighted by atomic mass is 35.5. The molecule has 2 aromatic carbocycles. The molecule has 2 fully saturated rings. The summed E-state index contributed by atoms with van der Waals surface area (Å²) >= 11 is 12.5. The van der Waals surface area contributed by atoms with Crippen molar-refractivity contribution in [2.75, 3.05) is 13.2 Å². The third-order valence-corrected chi connectivity index (χ3v) is 6.23. The van der Waals surface area contributed by atoms with Crippen molar-refractivity contribution in [3.05, 3.63) is 63.1 Å². The molecule has 28 heavy (non-hydrogen) atoms. The molecule has 1 amide bonds. The summed E-state index contributed by atoms with van der Waals surface area (Å²) in [6, 6.07) is 9.61. The lowest BCUT2D eigenvalue weighted by Gasteiger charge is -2.31. The van der Waals surface area contributed by atoms with E-state index in [9.17, 15) is 15.0 Å². The van der Waals surface area contributed by atoms with Gasteiger partial charge in [-0.3, -0.25) is 4.79 Å². The average Bonchev–Trinajstić information content (AvgIpc) is 3.18. The molecule has 6 nitrogen and oxygen atoms in total. The van der Waals surface area contributed by atoms with Gasteiger partial charge in [-0.2, -0.15) is 0 Å². The number of nitrogens with one attached hydrogen (secondary N) is 2. The Balaban J connectivity index is 1.81. The molecule has 0 aromatic heterocycles. The van der Waals surface area contributed by atoms with E-state index in [0.717, 1.165) is 11.1 Å². The van der Waals surface area contributed by atoms with E-state index < -0.39 is 6.04 Å².